The fraction of sp³-hybridized carbons (Fsp3) is 0.306. The molecule has 0 fully saturated rings. The van der Waals surface area contributed by atoms with Crippen molar-refractivity contribution in [3.63, 3.8) is 0 Å². The first kappa shape index (κ1) is 37.4. The molecule has 4 aromatic rings. The van der Waals surface area contributed by atoms with Crippen LogP contribution in [0.5, 0.6) is 28.7 Å². The minimum atomic E-state index is -1.15. The standard InChI is InChI=1S/C30H28N2O9.C6H9BrO2/c1-19-25(31-29(40-19)21-5-12-26-27(15-21)39-18-38-26)13-14-37-23-6-3-20(4-7-23)16-32(17-28(33)34)30(35)41-24-10-8-22(36-2)9-11-24;1-4(8)3-6(9)5(2)7/h3-12,15H,13-14,16-18H2,1-2H3,(H,33,34);5H,3H2,1-2H3. The molecular formula is C36H37BrN2O11. The molecule has 13 nitrogen and oxygen atoms in total. The molecule has 0 aliphatic carbocycles. The lowest BCUT2D eigenvalue weighted by Crippen LogP contribution is -2.37. The molecule has 14 heteroatoms. The highest BCUT2D eigenvalue weighted by molar-refractivity contribution is 9.10. The predicted molar refractivity (Wildman–Crippen MR) is 184 cm³/mol. The zero-order valence-electron chi connectivity index (χ0n) is 28.0. The van der Waals surface area contributed by atoms with Crippen LogP contribution in [-0.4, -0.2) is 70.5 Å². The van der Waals surface area contributed by atoms with E-state index < -0.39 is 18.6 Å². The third-order valence-corrected chi connectivity index (χ3v) is 7.64. The number of fused-ring (bicyclic) bond motifs is 1. The second-order valence-corrected chi connectivity index (χ2v) is 12.5. The molecule has 50 heavy (non-hydrogen) atoms. The first-order valence-corrected chi connectivity index (χ1v) is 16.4. The monoisotopic (exact) mass is 752 g/mol. The number of aromatic nitrogens is 1. The number of amides is 1. The van der Waals surface area contributed by atoms with Gasteiger partial charge in [0, 0.05) is 18.5 Å². The molecular weight excluding hydrogens is 716 g/mol. The molecule has 1 atom stereocenters. The van der Waals surface area contributed by atoms with Crippen molar-refractivity contribution in [1.29, 1.82) is 0 Å². The molecule has 1 aliphatic rings. The minimum Gasteiger partial charge on any atom is -0.497 e. The molecule has 0 saturated heterocycles. The number of halogens is 1. The number of carbonyl (C=O) groups excluding carboxylic acids is 3. The van der Waals surface area contributed by atoms with Crippen molar-refractivity contribution in [3.05, 3.63) is 83.7 Å². The normalized spacial score (nSPS) is 11.9. The summed E-state index contributed by atoms with van der Waals surface area (Å²) in [6.45, 7) is 5.08. The van der Waals surface area contributed by atoms with Crippen LogP contribution in [0.3, 0.4) is 0 Å². The SMILES string of the molecule is CC(=O)CC(=O)C(C)Br.COc1ccc(OC(=O)N(CC(=O)O)Cc2ccc(OCCc3nc(-c4ccc5c(c4)OCO5)oc3C)cc2)cc1. The Kier molecular flexibility index (Phi) is 13.4. The molecule has 0 saturated carbocycles. The van der Waals surface area contributed by atoms with Crippen molar-refractivity contribution in [2.75, 3.05) is 27.1 Å². The number of methoxy groups -OCH3 is 1. The number of aryl methyl sites for hydroxylation is 1. The maximum Gasteiger partial charge on any atom is 0.416 e. The van der Waals surface area contributed by atoms with Gasteiger partial charge in [0.1, 0.15) is 35.3 Å². The van der Waals surface area contributed by atoms with Crippen LogP contribution in [0.4, 0.5) is 4.79 Å². The summed E-state index contributed by atoms with van der Waals surface area (Å²) in [5, 5.41) is 9.29. The highest BCUT2D eigenvalue weighted by Gasteiger charge is 2.20. The van der Waals surface area contributed by atoms with E-state index in [2.05, 4.69) is 20.9 Å². The summed E-state index contributed by atoms with van der Waals surface area (Å²) in [6.07, 6.45) is -0.196. The van der Waals surface area contributed by atoms with E-state index >= 15 is 0 Å². The van der Waals surface area contributed by atoms with E-state index in [1.54, 1.807) is 55.5 Å². The van der Waals surface area contributed by atoms with Gasteiger partial charge < -0.3 is 33.2 Å². The number of carboxylic acids is 1. The summed E-state index contributed by atoms with van der Waals surface area (Å²) >= 11 is 3.07. The molecule has 2 heterocycles. The number of ether oxygens (including phenoxy) is 5. The molecule has 0 bridgehead atoms. The van der Waals surface area contributed by atoms with Gasteiger partial charge >= 0.3 is 12.1 Å². The number of nitrogens with zero attached hydrogens (tertiary/aromatic N) is 2. The number of oxazole rings is 1. The number of carbonyl (C=O) groups is 4. The molecule has 264 valence electrons. The highest BCUT2D eigenvalue weighted by atomic mass is 79.9. The first-order valence-electron chi connectivity index (χ1n) is 15.5. The van der Waals surface area contributed by atoms with Crippen molar-refractivity contribution < 1.29 is 52.4 Å². The number of carboxylic acid groups (broad SMARTS) is 1. The van der Waals surface area contributed by atoms with E-state index in [0.29, 0.717) is 53.2 Å². The molecule has 1 amide bonds. The average molecular weight is 754 g/mol. The molecule has 5 rings (SSSR count). The van der Waals surface area contributed by atoms with Crippen LogP contribution in [-0.2, 0) is 27.3 Å². The smallest absolute Gasteiger partial charge is 0.416 e. The number of hydrogen-bond donors (Lipinski definition) is 1. The lowest BCUT2D eigenvalue weighted by Gasteiger charge is -2.20. The van der Waals surface area contributed by atoms with Crippen molar-refractivity contribution in [3.8, 4) is 40.2 Å². The summed E-state index contributed by atoms with van der Waals surface area (Å²) in [7, 11) is 1.53. The summed E-state index contributed by atoms with van der Waals surface area (Å²) in [5.41, 5.74) is 2.30. The summed E-state index contributed by atoms with van der Waals surface area (Å²) in [6, 6.07) is 19.0. The van der Waals surface area contributed by atoms with Gasteiger partial charge in [-0.15, -0.1) is 0 Å². The highest BCUT2D eigenvalue weighted by Crippen LogP contribution is 2.36. The minimum absolute atomic E-state index is 0.0440. The molecule has 1 N–H and O–H groups in total. The maximum absolute atomic E-state index is 12.7. The molecule has 1 unspecified atom stereocenters. The van der Waals surface area contributed by atoms with Gasteiger partial charge in [-0.1, -0.05) is 28.1 Å². The van der Waals surface area contributed by atoms with Gasteiger partial charge in [-0.2, -0.15) is 0 Å². The van der Waals surface area contributed by atoms with E-state index in [1.165, 1.54) is 14.0 Å². The van der Waals surface area contributed by atoms with Gasteiger partial charge in [0.15, 0.2) is 17.3 Å². The van der Waals surface area contributed by atoms with Gasteiger partial charge in [0.2, 0.25) is 12.7 Å². The lowest BCUT2D eigenvalue weighted by atomic mass is 10.2. The largest absolute Gasteiger partial charge is 0.497 e. The molecule has 1 aromatic heterocycles. The Morgan fingerprint density at radius 1 is 0.960 bits per heavy atom. The molecule has 0 radical (unpaired) electrons. The second kappa shape index (κ2) is 17.9. The Labute approximate surface area is 297 Å². The number of Topliss-reactive ketones (excluding diaryl/α,β-unsaturated/α-hetero) is 2. The number of rotatable bonds is 14. The Bertz CT molecular complexity index is 1790. The van der Waals surface area contributed by atoms with Crippen LogP contribution >= 0.6 is 15.9 Å². The number of ketones is 2. The van der Waals surface area contributed by atoms with Crippen molar-refractivity contribution in [1.82, 2.24) is 9.88 Å². The van der Waals surface area contributed by atoms with Crippen molar-refractivity contribution >= 4 is 39.6 Å². The Hall–Kier alpha value is -5.37. The number of benzene rings is 3. The van der Waals surface area contributed by atoms with E-state index in [4.69, 9.17) is 28.1 Å². The van der Waals surface area contributed by atoms with E-state index in [-0.39, 0.29) is 41.9 Å². The van der Waals surface area contributed by atoms with Gasteiger partial charge in [-0.05, 0) is 80.9 Å². The Morgan fingerprint density at radius 3 is 2.24 bits per heavy atom. The second-order valence-electron chi connectivity index (χ2n) is 11.1. The van der Waals surface area contributed by atoms with Crippen LogP contribution in [0.2, 0.25) is 0 Å². The number of aliphatic carboxylic acids is 1. The Balaban J connectivity index is 0.000000551. The van der Waals surface area contributed by atoms with Gasteiger partial charge in [0.05, 0.1) is 30.7 Å². The number of hydrogen-bond acceptors (Lipinski definition) is 11. The first-order chi connectivity index (χ1) is 23.9. The fourth-order valence-electron chi connectivity index (χ4n) is 4.53. The summed E-state index contributed by atoms with van der Waals surface area (Å²) in [5.74, 6) is 2.78. The quantitative estimate of drug-likeness (QED) is 0.111. The number of alkyl halides is 1. The molecule has 1 aliphatic heterocycles. The van der Waals surface area contributed by atoms with E-state index in [1.807, 2.05) is 25.1 Å². The van der Waals surface area contributed by atoms with Crippen LogP contribution in [0.25, 0.3) is 11.5 Å². The van der Waals surface area contributed by atoms with Crippen molar-refractivity contribution in [2.45, 2.75) is 45.0 Å². The third kappa shape index (κ3) is 11.1. The molecule has 0 spiro atoms. The van der Waals surface area contributed by atoms with Gasteiger partial charge in [0.25, 0.3) is 0 Å². The topological polar surface area (TPSA) is 164 Å². The average Bonchev–Trinajstić information content (AvgIpc) is 3.71. The van der Waals surface area contributed by atoms with Crippen LogP contribution in [0.15, 0.2) is 71.1 Å². The predicted octanol–water partition coefficient (Wildman–Crippen LogP) is 6.41. The molecule has 3 aromatic carbocycles. The zero-order valence-corrected chi connectivity index (χ0v) is 29.6. The van der Waals surface area contributed by atoms with Crippen LogP contribution in [0.1, 0.15) is 37.3 Å². The fourth-order valence-corrected chi connectivity index (χ4v) is 4.70. The lowest BCUT2D eigenvalue weighted by molar-refractivity contribution is -0.138. The Morgan fingerprint density at radius 2 is 1.62 bits per heavy atom. The summed E-state index contributed by atoms with van der Waals surface area (Å²) < 4.78 is 33.0. The van der Waals surface area contributed by atoms with E-state index in [9.17, 15) is 24.3 Å². The van der Waals surface area contributed by atoms with Crippen LogP contribution in [0, 0.1) is 6.92 Å². The third-order valence-electron chi connectivity index (χ3n) is 7.13. The van der Waals surface area contributed by atoms with Crippen LogP contribution < -0.4 is 23.7 Å². The van der Waals surface area contributed by atoms with E-state index in [0.717, 1.165) is 16.2 Å². The van der Waals surface area contributed by atoms with Crippen molar-refractivity contribution in [2.24, 2.45) is 0 Å². The maximum atomic E-state index is 12.7. The van der Waals surface area contributed by atoms with Gasteiger partial charge in [-0.3, -0.25) is 19.3 Å². The van der Waals surface area contributed by atoms with Gasteiger partial charge in [-0.25, -0.2) is 9.78 Å². The summed E-state index contributed by atoms with van der Waals surface area (Å²) in [4.78, 5) is 50.6. The zero-order chi connectivity index (χ0) is 36.2.